The zero-order valence-corrected chi connectivity index (χ0v) is 16.7. The van der Waals surface area contributed by atoms with Crippen molar-refractivity contribution in [2.24, 2.45) is 0 Å². The highest BCUT2D eigenvalue weighted by atomic mass is 79.9. The summed E-state index contributed by atoms with van der Waals surface area (Å²) in [6, 6.07) is 11.3. The van der Waals surface area contributed by atoms with Gasteiger partial charge in [-0.1, -0.05) is 15.9 Å². The van der Waals surface area contributed by atoms with Crippen LogP contribution in [0.4, 0.5) is 0 Å². The zero-order valence-electron chi connectivity index (χ0n) is 15.1. The lowest BCUT2D eigenvalue weighted by molar-refractivity contribution is 0.0628. The second-order valence-corrected chi connectivity index (χ2v) is 7.45. The van der Waals surface area contributed by atoms with Crippen molar-refractivity contribution >= 4 is 21.8 Å². The van der Waals surface area contributed by atoms with Crippen LogP contribution in [0, 0.1) is 0 Å². The molecule has 2 aromatic carbocycles. The van der Waals surface area contributed by atoms with E-state index in [0.717, 1.165) is 46.9 Å². The van der Waals surface area contributed by atoms with E-state index < -0.39 is 0 Å². The van der Waals surface area contributed by atoms with E-state index in [2.05, 4.69) is 20.8 Å². The van der Waals surface area contributed by atoms with Crippen molar-refractivity contribution in [3.8, 4) is 17.2 Å². The fraction of sp³-hybridized carbons (Fsp3) is 0.350. The molecule has 0 saturated carbocycles. The van der Waals surface area contributed by atoms with E-state index in [1.54, 1.807) is 7.11 Å². The molecule has 0 aliphatic carbocycles. The zero-order chi connectivity index (χ0) is 18.8. The van der Waals surface area contributed by atoms with Gasteiger partial charge in [-0.2, -0.15) is 0 Å². The van der Waals surface area contributed by atoms with E-state index >= 15 is 0 Å². The molecule has 142 valence electrons. The molecule has 1 saturated heterocycles. The topological polar surface area (TPSA) is 51.2 Å². The molecule has 0 spiro atoms. The van der Waals surface area contributed by atoms with Crippen molar-refractivity contribution in [1.82, 2.24) is 9.80 Å². The Bertz CT molecular complexity index is 833. The number of hydrogen-bond acceptors (Lipinski definition) is 5. The normalized spacial score (nSPS) is 16.4. The Labute approximate surface area is 166 Å². The molecule has 0 aromatic heterocycles. The predicted octanol–water partition coefficient (Wildman–Crippen LogP) is 3.14. The van der Waals surface area contributed by atoms with Crippen molar-refractivity contribution in [3.05, 3.63) is 52.0 Å². The number of ether oxygens (including phenoxy) is 3. The van der Waals surface area contributed by atoms with Crippen LogP contribution in [0.15, 0.2) is 40.9 Å². The van der Waals surface area contributed by atoms with E-state index in [4.69, 9.17) is 14.2 Å². The maximum absolute atomic E-state index is 12.7. The standard InChI is InChI=1S/C20H21BrN2O4/c1-25-16-4-2-14(3-5-16)20(24)23-8-6-22(7-9-23)12-15-10-18-19(11-17(15)21)27-13-26-18/h2-5,10-11H,6-9,12-13H2,1H3. The van der Waals surface area contributed by atoms with Crippen molar-refractivity contribution in [2.75, 3.05) is 40.1 Å². The second-order valence-electron chi connectivity index (χ2n) is 6.59. The van der Waals surface area contributed by atoms with E-state index in [1.165, 1.54) is 0 Å². The molecule has 0 unspecified atom stereocenters. The van der Waals surface area contributed by atoms with Crippen LogP contribution in [-0.2, 0) is 6.54 Å². The maximum atomic E-state index is 12.7. The summed E-state index contributed by atoms with van der Waals surface area (Å²) < 4.78 is 17.0. The molecule has 4 rings (SSSR count). The number of piperazine rings is 1. The molecular formula is C20H21BrN2O4. The Morgan fingerprint density at radius 3 is 2.41 bits per heavy atom. The number of hydrogen-bond donors (Lipinski definition) is 0. The monoisotopic (exact) mass is 432 g/mol. The number of halogens is 1. The summed E-state index contributed by atoms with van der Waals surface area (Å²) in [6.07, 6.45) is 0. The minimum Gasteiger partial charge on any atom is -0.497 e. The summed E-state index contributed by atoms with van der Waals surface area (Å²) in [6.45, 7) is 4.19. The molecule has 27 heavy (non-hydrogen) atoms. The number of rotatable bonds is 4. The molecule has 0 bridgehead atoms. The Morgan fingerprint density at radius 1 is 1.07 bits per heavy atom. The van der Waals surface area contributed by atoms with E-state index in [0.29, 0.717) is 18.7 Å². The summed E-state index contributed by atoms with van der Waals surface area (Å²) in [5, 5.41) is 0. The van der Waals surface area contributed by atoms with Crippen LogP contribution in [-0.4, -0.2) is 55.8 Å². The summed E-state index contributed by atoms with van der Waals surface area (Å²) in [4.78, 5) is 16.9. The van der Waals surface area contributed by atoms with E-state index in [-0.39, 0.29) is 12.7 Å². The van der Waals surface area contributed by atoms with Gasteiger partial charge in [0.05, 0.1) is 7.11 Å². The predicted molar refractivity (Wildman–Crippen MR) is 104 cm³/mol. The summed E-state index contributed by atoms with van der Waals surface area (Å²) >= 11 is 3.62. The van der Waals surface area contributed by atoms with Gasteiger partial charge >= 0.3 is 0 Å². The highest BCUT2D eigenvalue weighted by molar-refractivity contribution is 9.10. The minimum atomic E-state index is 0.0709. The van der Waals surface area contributed by atoms with Gasteiger partial charge in [-0.05, 0) is 42.0 Å². The van der Waals surface area contributed by atoms with Crippen molar-refractivity contribution in [1.29, 1.82) is 0 Å². The van der Waals surface area contributed by atoms with Crippen LogP contribution < -0.4 is 14.2 Å². The first-order valence-corrected chi connectivity index (χ1v) is 9.67. The second kappa shape index (κ2) is 7.78. The van der Waals surface area contributed by atoms with Crippen LogP contribution >= 0.6 is 15.9 Å². The average Bonchev–Trinajstić information content (AvgIpc) is 3.15. The number of benzene rings is 2. The van der Waals surface area contributed by atoms with Gasteiger partial charge in [-0.25, -0.2) is 0 Å². The molecule has 2 heterocycles. The molecule has 1 amide bonds. The molecular weight excluding hydrogens is 412 g/mol. The SMILES string of the molecule is COc1ccc(C(=O)N2CCN(Cc3cc4c(cc3Br)OCO4)CC2)cc1. The number of nitrogens with zero attached hydrogens (tertiary/aromatic N) is 2. The Hall–Kier alpha value is -2.25. The van der Waals surface area contributed by atoms with Crippen molar-refractivity contribution in [3.63, 3.8) is 0 Å². The number of fused-ring (bicyclic) bond motifs is 1. The van der Waals surface area contributed by atoms with Gasteiger partial charge in [-0.3, -0.25) is 9.69 Å². The lowest BCUT2D eigenvalue weighted by Crippen LogP contribution is -2.48. The maximum Gasteiger partial charge on any atom is 0.253 e. The number of carbonyl (C=O) groups excluding carboxylic acids is 1. The van der Waals surface area contributed by atoms with Crippen molar-refractivity contribution in [2.45, 2.75) is 6.54 Å². The number of amides is 1. The first kappa shape index (κ1) is 18.1. The molecule has 6 nitrogen and oxygen atoms in total. The highest BCUT2D eigenvalue weighted by Crippen LogP contribution is 2.37. The van der Waals surface area contributed by atoms with Gasteiger partial charge in [0.1, 0.15) is 5.75 Å². The third-order valence-corrected chi connectivity index (χ3v) is 5.67. The smallest absolute Gasteiger partial charge is 0.253 e. The number of methoxy groups -OCH3 is 1. The molecule has 1 fully saturated rings. The summed E-state index contributed by atoms with van der Waals surface area (Å²) in [5.74, 6) is 2.40. The van der Waals surface area contributed by atoms with Gasteiger partial charge in [-0.15, -0.1) is 0 Å². The lowest BCUT2D eigenvalue weighted by atomic mass is 10.1. The molecule has 7 heteroatoms. The average molecular weight is 433 g/mol. The fourth-order valence-electron chi connectivity index (χ4n) is 3.35. The fourth-order valence-corrected chi connectivity index (χ4v) is 3.79. The Balaban J connectivity index is 1.35. The third-order valence-electron chi connectivity index (χ3n) is 4.93. The van der Waals surface area contributed by atoms with Gasteiger partial charge in [0.2, 0.25) is 6.79 Å². The molecule has 0 atom stereocenters. The first-order chi connectivity index (χ1) is 13.1. The van der Waals surface area contributed by atoms with Crippen LogP contribution in [0.25, 0.3) is 0 Å². The lowest BCUT2D eigenvalue weighted by Gasteiger charge is -2.35. The van der Waals surface area contributed by atoms with E-state index in [9.17, 15) is 4.79 Å². The quantitative estimate of drug-likeness (QED) is 0.742. The summed E-state index contributed by atoms with van der Waals surface area (Å²) in [5.41, 5.74) is 1.86. The first-order valence-electron chi connectivity index (χ1n) is 8.88. The van der Waals surface area contributed by atoms with Crippen LogP contribution in [0.2, 0.25) is 0 Å². The highest BCUT2D eigenvalue weighted by Gasteiger charge is 2.24. The van der Waals surface area contributed by atoms with Crippen LogP contribution in [0.5, 0.6) is 17.2 Å². The summed E-state index contributed by atoms with van der Waals surface area (Å²) in [7, 11) is 1.62. The molecule has 0 radical (unpaired) electrons. The van der Waals surface area contributed by atoms with E-state index in [1.807, 2.05) is 41.3 Å². The molecule has 2 aliphatic rings. The van der Waals surface area contributed by atoms with Gasteiger partial charge < -0.3 is 19.1 Å². The van der Waals surface area contributed by atoms with Gasteiger partial charge in [0.15, 0.2) is 11.5 Å². The van der Waals surface area contributed by atoms with Gasteiger partial charge in [0.25, 0.3) is 5.91 Å². The molecule has 2 aliphatic heterocycles. The largest absolute Gasteiger partial charge is 0.497 e. The van der Waals surface area contributed by atoms with Crippen molar-refractivity contribution < 1.29 is 19.0 Å². The Morgan fingerprint density at radius 2 is 1.74 bits per heavy atom. The Kier molecular flexibility index (Phi) is 5.22. The molecule has 2 aromatic rings. The minimum absolute atomic E-state index is 0.0709. The van der Waals surface area contributed by atoms with Crippen LogP contribution in [0.1, 0.15) is 15.9 Å². The number of carbonyl (C=O) groups is 1. The van der Waals surface area contributed by atoms with Crippen LogP contribution in [0.3, 0.4) is 0 Å². The van der Waals surface area contributed by atoms with Gasteiger partial charge in [0, 0.05) is 42.8 Å². The molecule has 0 N–H and O–H groups in total. The third kappa shape index (κ3) is 3.89.